The molecule has 108 valence electrons. The zero-order valence-corrected chi connectivity index (χ0v) is 12.0. The van der Waals surface area contributed by atoms with E-state index in [1.54, 1.807) is 13.1 Å². The number of nitrogens with zero attached hydrogens (tertiary/aromatic N) is 1. The molecular weight excluding hydrogens is 280 g/mol. The summed E-state index contributed by atoms with van der Waals surface area (Å²) >= 11 is 5.94. The fourth-order valence-electron chi connectivity index (χ4n) is 1.54. The van der Waals surface area contributed by atoms with Crippen LogP contribution in [0, 0.1) is 0 Å². The van der Waals surface area contributed by atoms with Crippen LogP contribution in [0.1, 0.15) is 23.2 Å². The molecule has 0 atom stereocenters. The van der Waals surface area contributed by atoms with E-state index in [1.807, 2.05) is 0 Å². The van der Waals surface area contributed by atoms with Crippen LogP contribution in [0.3, 0.4) is 0 Å². The number of urea groups is 1. The van der Waals surface area contributed by atoms with Gasteiger partial charge in [0, 0.05) is 13.6 Å². The van der Waals surface area contributed by atoms with Gasteiger partial charge in [0.05, 0.1) is 16.3 Å². The summed E-state index contributed by atoms with van der Waals surface area (Å²) in [6.07, 6.45) is 3.43. The van der Waals surface area contributed by atoms with Crippen molar-refractivity contribution in [3.8, 4) is 0 Å². The largest absolute Gasteiger partial charge is 0.478 e. The quantitative estimate of drug-likeness (QED) is 0.624. The molecule has 20 heavy (non-hydrogen) atoms. The topological polar surface area (TPSA) is 69.6 Å². The number of unbranched alkanes of at least 4 members (excludes halogenated alkanes) is 1. The number of carbonyl (C=O) groups excluding carboxylic acids is 1. The Balaban J connectivity index is 2.71. The number of carboxylic acids is 1. The Morgan fingerprint density at radius 1 is 1.50 bits per heavy atom. The van der Waals surface area contributed by atoms with Gasteiger partial charge in [0.1, 0.15) is 0 Å². The molecule has 1 aromatic carbocycles. The molecule has 0 saturated carbocycles. The van der Waals surface area contributed by atoms with Gasteiger partial charge in [0.15, 0.2) is 0 Å². The summed E-state index contributed by atoms with van der Waals surface area (Å²) in [7, 11) is 1.66. The summed E-state index contributed by atoms with van der Waals surface area (Å²) in [4.78, 5) is 24.3. The highest BCUT2D eigenvalue weighted by Gasteiger charge is 2.12. The molecule has 0 aliphatic heterocycles. The van der Waals surface area contributed by atoms with E-state index in [4.69, 9.17) is 16.7 Å². The van der Waals surface area contributed by atoms with Crippen molar-refractivity contribution in [2.75, 3.05) is 18.9 Å². The van der Waals surface area contributed by atoms with Crippen molar-refractivity contribution in [1.29, 1.82) is 0 Å². The smallest absolute Gasteiger partial charge is 0.335 e. The molecule has 0 aromatic heterocycles. The van der Waals surface area contributed by atoms with Crippen molar-refractivity contribution in [1.82, 2.24) is 4.90 Å². The first kappa shape index (κ1) is 16.0. The predicted molar refractivity (Wildman–Crippen MR) is 79.5 cm³/mol. The number of benzene rings is 1. The number of anilines is 1. The highest BCUT2D eigenvalue weighted by Crippen LogP contribution is 2.23. The zero-order valence-electron chi connectivity index (χ0n) is 11.2. The van der Waals surface area contributed by atoms with E-state index in [2.05, 4.69) is 11.9 Å². The fourth-order valence-corrected chi connectivity index (χ4v) is 1.70. The molecule has 1 rings (SSSR count). The van der Waals surface area contributed by atoms with Gasteiger partial charge in [0.2, 0.25) is 0 Å². The normalized spacial score (nSPS) is 9.90. The number of carbonyl (C=O) groups is 2. The Bertz CT molecular complexity index is 517. The average molecular weight is 297 g/mol. The van der Waals surface area contributed by atoms with Crippen LogP contribution >= 0.6 is 11.6 Å². The molecule has 0 aliphatic rings. The number of aromatic carboxylic acids is 1. The van der Waals surface area contributed by atoms with Crippen LogP contribution in [0.15, 0.2) is 30.9 Å². The van der Waals surface area contributed by atoms with Gasteiger partial charge in [0.25, 0.3) is 0 Å². The number of allylic oxidation sites excluding steroid dienone is 1. The second-order valence-electron chi connectivity index (χ2n) is 4.28. The second kappa shape index (κ2) is 7.55. The Hall–Kier alpha value is -2.01. The first-order valence-electron chi connectivity index (χ1n) is 6.11. The van der Waals surface area contributed by atoms with Crippen LogP contribution in [-0.2, 0) is 0 Å². The van der Waals surface area contributed by atoms with E-state index < -0.39 is 5.97 Å². The zero-order chi connectivity index (χ0) is 15.1. The lowest BCUT2D eigenvalue weighted by molar-refractivity contribution is 0.0697. The number of carboxylic acid groups (broad SMARTS) is 1. The minimum absolute atomic E-state index is 0.0685. The highest BCUT2D eigenvalue weighted by molar-refractivity contribution is 6.33. The van der Waals surface area contributed by atoms with Gasteiger partial charge < -0.3 is 15.3 Å². The van der Waals surface area contributed by atoms with Crippen molar-refractivity contribution >= 4 is 29.3 Å². The lowest BCUT2D eigenvalue weighted by Crippen LogP contribution is -2.32. The summed E-state index contributed by atoms with van der Waals surface area (Å²) in [6, 6.07) is 3.82. The third-order valence-electron chi connectivity index (χ3n) is 2.70. The Morgan fingerprint density at radius 2 is 2.20 bits per heavy atom. The van der Waals surface area contributed by atoms with Gasteiger partial charge in [-0.05, 0) is 31.0 Å². The molecule has 2 N–H and O–H groups in total. The Morgan fingerprint density at radius 3 is 2.80 bits per heavy atom. The monoisotopic (exact) mass is 296 g/mol. The lowest BCUT2D eigenvalue weighted by Gasteiger charge is -2.18. The summed E-state index contributed by atoms with van der Waals surface area (Å²) in [6.45, 7) is 4.19. The van der Waals surface area contributed by atoms with Crippen molar-refractivity contribution in [2.24, 2.45) is 0 Å². The van der Waals surface area contributed by atoms with Gasteiger partial charge in [-0.3, -0.25) is 0 Å². The molecule has 0 bridgehead atoms. The molecule has 0 saturated heterocycles. The molecule has 0 unspecified atom stereocenters. The maximum absolute atomic E-state index is 11.9. The van der Waals surface area contributed by atoms with Crippen LogP contribution in [0.2, 0.25) is 5.02 Å². The van der Waals surface area contributed by atoms with Gasteiger partial charge >= 0.3 is 12.0 Å². The molecule has 0 fully saturated rings. The van der Waals surface area contributed by atoms with Gasteiger partial charge in [-0.1, -0.05) is 17.7 Å². The minimum atomic E-state index is -1.07. The maximum atomic E-state index is 11.9. The van der Waals surface area contributed by atoms with Crippen LogP contribution in [0.5, 0.6) is 0 Å². The van der Waals surface area contributed by atoms with Crippen molar-refractivity contribution in [2.45, 2.75) is 12.8 Å². The molecule has 2 amide bonds. The van der Waals surface area contributed by atoms with Gasteiger partial charge in [-0.2, -0.15) is 0 Å². The molecule has 5 nitrogen and oxygen atoms in total. The number of rotatable bonds is 6. The van der Waals surface area contributed by atoms with Crippen molar-refractivity contribution < 1.29 is 14.7 Å². The van der Waals surface area contributed by atoms with Gasteiger partial charge in [-0.25, -0.2) is 9.59 Å². The number of hydrogen-bond acceptors (Lipinski definition) is 2. The lowest BCUT2D eigenvalue weighted by atomic mass is 10.2. The first-order chi connectivity index (χ1) is 9.45. The average Bonchev–Trinajstić information content (AvgIpc) is 2.41. The summed E-state index contributed by atoms with van der Waals surface area (Å²) in [5.74, 6) is -1.07. The summed E-state index contributed by atoms with van der Waals surface area (Å²) in [5.41, 5.74) is 0.353. The molecule has 1 aromatic rings. The van der Waals surface area contributed by atoms with E-state index in [9.17, 15) is 9.59 Å². The predicted octanol–water partition coefficient (Wildman–Crippen LogP) is 3.47. The third kappa shape index (κ3) is 4.59. The maximum Gasteiger partial charge on any atom is 0.335 e. The standard InChI is InChI=1S/C14H17ClN2O3/c1-3-4-5-8-17(2)14(20)16-12-9-10(13(18)19)6-7-11(12)15/h3,6-7,9H,1,4-5,8H2,2H3,(H,16,20)(H,18,19). The van der Waals surface area contributed by atoms with Crippen molar-refractivity contribution in [3.63, 3.8) is 0 Å². The number of amides is 2. The Labute approximate surface area is 122 Å². The van der Waals surface area contributed by atoms with E-state index in [0.29, 0.717) is 11.6 Å². The van der Waals surface area contributed by atoms with E-state index in [-0.39, 0.29) is 17.3 Å². The van der Waals surface area contributed by atoms with Crippen LogP contribution in [0.4, 0.5) is 10.5 Å². The van der Waals surface area contributed by atoms with Crippen molar-refractivity contribution in [3.05, 3.63) is 41.4 Å². The highest BCUT2D eigenvalue weighted by atomic mass is 35.5. The number of halogens is 1. The SMILES string of the molecule is C=CCCCN(C)C(=O)Nc1cc(C(=O)O)ccc1Cl. The molecular formula is C14H17ClN2O3. The van der Waals surface area contributed by atoms with E-state index in [1.165, 1.54) is 23.1 Å². The minimum Gasteiger partial charge on any atom is -0.478 e. The van der Waals surface area contributed by atoms with E-state index >= 15 is 0 Å². The second-order valence-corrected chi connectivity index (χ2v) is 4.69. The molecule has 0 aliphatic carbocycles. The van der Waals surface area contributed by atoms with Gasteiger partial charge in [-0.15, -0.1) is 6.58 Å². The number of hydrogen-bond donors (Lipinski definition) is 2. The molecule has 0 radical (unpaired) electrons. The molecule has 0 heterocycles. The Kier molecular flexibility index (Phi) is 6.06. The number of nitrogens with one attached hydrogen (secondary N) is 1. The molecule has 6 heteroatoms. The fraction of sp³-hybridized carbons (Fsp3) is 0.286. The third-order valence-corrected chi connectivity index (χ3v) is 3.03. The molecule has 0 spiro atoms. The van der Waals surface area contributed by atoms with Crippen LogP contribution < -0.4 is 5.32 Å². The first-order valence-corrected chi connectivity index (χ1v) is 6.49. The summed E-state index contributed by atoms with van der Waals surface area (Å²) in [5, 5.41) is 11.8. The van der Waals surface area contributed by atoms with E-state index in [0.717, 1.165) is 12.8 Å². The van der Waals surface area contributed by atoms with Crippen LogP contribution in [0.25, 0.3) is 0 Å². The summed E-state index contributed by atoms with van der Waals surface area (Å²) < 4.78 is 0. The van der Waals surface area contributed by atoms with Crippen LogP contribution in [-0.4, -0.2) is 35.6 Å².